The maximum atomic E-state index is 11.5. The number of aliphatic carboxylic acids is 1. The number of carbonyl (C=O) groups is 1. The fourth-order valence-corrected chi connectivity index (χ4v) is 2.65. The lowest BCUT2D eigenvalue weighted by Crippen LogP contribution is -2.16. The minimum Gasteiger partial charge on any atom is -0.481 e. The molecule has 0 radical (unpaired) electrons. The summed E-state index contributed by atoms with van der Waals surface area (Å²) in [6.07, 6.45) is 5.29. The van der Waals surface area contributed by atoms with E-state index < -0.39 is 5.97 Å². The van der Waals surface area contributed by atoms with Crippen molar-refractivity contribution in [2.75, 3.05) is 0 Å². The summed E-state index contributed by atoms with van der Waals surface area (Å²) in [5.74, 6) is -0.586. The van der Waals surface area contributed by atoms with Gasteiger partial charge in [-0.1, -0.05) is 67.6 Å². The Balaban J connectivity index is 2.77. The summed E-state index contributed by atoms with van der Waals surface area (Å²) in [6, 6.07) is 7.65. The van der Waals surface area contributed by atoms with E-state index in [1.165, 1.54) is 12.8 Å². The van der Waals surface area contributed by atoms with Crippen molar-refractivity contribution in [1.82, 2.24) is 0 Å². The van der Waals surface area contributed by atoms with Crippen LogP contribution in [0.25, 0.3) is 0 Å². The summed E-state index contributed by atoms with van der Waals surface area (Å²) in [6.45, 7) is 4.33. The van der Waals surface area contributed by atoms with Crippen molar-refractivity contribution in [3.8, 4) is 0 Å². The number of halogens is 1. The van der Waals surface area contributed by atoms with Crippen LogP contribution in [0.1, 0.15) is 57.4 Å². The molecule has 0 spiro atoms. The van der Waals surface area contributed by atoms with Crippen LogP contribution in [0, 0.1) is 5.92 Å². The molecule has 1 rings (SSSR count). The predicted molar refractivity (Wildman–Crippen MR) is 82.4 cm³/mol. The monoisotopic (exact) mass is 326 g/mol. The molecule has 0 bridgehead atoms. The van der Waals surface area contributed by atoms with Gasteiger partial charge in [0, 0.05) is 4.47 Å². The minimum absolute atomic E-state index is 0.380. The van der Waals surface area contributed by atoms with Crippen molar-refractivity contribution in [2.24, 2.45) is 5.92 Å². The minimum atomic E-state index is -0.711. The lowest BCUT2D eigenvalue weighted by molar-refractivity contribution is -0.139. The van der Waals surface area contributed by atoms with Crippen molar-refractivity contribution >= 4 is 21.9 Å². The molecule has 19 heavy (non-hydrogen) atoms. The molecule has 0 saturated carbocycles. The van der Waals surface area contributed by atoms with Crippen molar-refractivity contribution in [3.63, 3.8) is 0 Å². The van der Waals surface area contributed by atoms with Crippen LogP contribution in [0.3, 0.4) is 0 Å². The van der Waals surface area contributed by atoms with E-state index in [9.17, 15) is 9.90 Å². The van der Waals surface area contributed by atoms with Gasteiger partial charge in [-0.25, -0.2) is 0 Å². The van der Waals surface area contributed by atoms with Gasteiger partial charge in [0.15, 0.2) is 0 Å². The molecule has 1 aromatic carbocycles. The third-order valence-corrected chi connectivity index (χ3v) is 4.21. The number of carboxylic acids is 1. The summed E-state index contributed by atoms with van der Waals surface area (Å²) < 4.78 is 0.985. The van der Waals surface area contributed by atoms with Crippen LogP contribution in [-0.4, -0.2) is 11.1 Å². The maximum absolute atomic E-state index is 11.5. The molecule has 0 aliphatic carbocycles. The standard InChI is InChI=1S/C16H23BrO2/c1-3-5-6-12(4-2)11-15(16(18)19)13-7-9-14(17)10-8-13/h7-10,12,15H,3-6,11H2,1-2H3,(H,18,19). The second-order valence-corrected chi connectivity index (χ2v) is 6.01. The molecule has 0 aromatic heterocycles. The first kappa shape index (κ1) is 16.2. The van der Waals surface area contributed by atoms with Crippen LogP contribution in [0.5, 0.6) is 0 Å². The van der Waals surface area contributed by atoms with Gasteiger partial charge in [0.2, 0.25) is 0 Å². The van der Waals surface area contributed by atoms with Crippen LogP contribution in [-0.2, 0) is 4.79 Å². The highest BCUT2D eigenvalue weighted by atomic mass is 79.9. The smallest absolute Gasteiger partial charge is 0.310 e. The number of benzene rings is 1. The molecular weight excluding hydrogens is 304 g/mol. The molecule has 0 heterocycles. The Bertz CT molecular complexity index is 386. The van der Waals surface area contributed by atoms with Gasteiger partial charge < -0.3 is 5.11 Å². The van der Waals surface area contributed by atoms with Crippen LogP contribution in [0.15, 0.2) is 28.7 Å². The average Bonchev–Trinajstić information content (AvgIpc) is 2.40. The van der Waals surface area contributed by atoms with Gasteiger partial charge in [-0.15, -0.1) is 0 Å². The van der Waals surface area contributed by atoms with E-state index >= 15 is 0 Å². The van der Waals surface area contributed by atoms with Gasteiger partial charge in [0.25, 0.3) is 0 Å². The molecule has 0 aliphatic rings. The highest BCUT2D eigenvalue weighted by Crippen LogP contribution is 2.29. The highest BCUT2D eigenvalue weighted by Gasteiger charge is 2.23. The summed E-state index contributed by atoms with van der Waals surface area (Å²) >= 11 is 3.38. The van der Waals surface area contributed by atoms with Gasteiger partial charge in [0.05, 0.1) is 5.92 Å². The van der Waals surface area contributed by atoms with Crippen molar-refractivity contribution in [2.45, 2.75) is 51.9 Å². The summed E-state index contributed by atoms with van der Waals surface area (Å²) in [7, 11) is 0. The average molecular weight is 327 g/mol. The quantitative estimate of drug-likeness (QED) is 0.710. The van der Waals surface area contributed by atoms with E-state index in [-0.39, 0.29) is 5.92 Å². The molecule has 1 aromatic rings. The van der Waals surface area contributed by atoms with Gasteiger partial charge in [-0.2, -0.15) is 0 Å². The van der Waals surface area contributed by atoms with E-state index in [1.807, 2.05) is 24.3 Å². The fourth-order valence-electron chi connectivity index (χ4n) is 2.39. The van der Waals surface area contributed by atoms with Crippen molar-refractivity contribution in [1.29, 1.82) is 0 Å². The van der Waals surface area contributed by atoms with Gasteiger partial charge in [0.1, 0.15) is 0 Å². The third-order valence-electron chi connectivity index (χ3n) is 3.68. The largest absolute Gasteiger partial charge is 0.481 e. The van der Waals surface area contributed by atoms with E-state index in [0.29, 0.717) is 5.92 Å². The molecule has 0 amide bonds. The van der Waals surface area contributed by atoms with Crippen molar-refractivity contribution in [3.05, 3.63) is 34.3 Å². The van der Waals surface area contributed by atoms with Crippen molar-refractivity contribution < 1.29 is 9.90 Å². The second-order valence-electron chi connectivity index (χ2n) is 5.09. The zero-order valence-corrected chi connectivity index (χ0v) is 13.3. The predicted octanol–water partition coefficient (Wildman–Crippen LogP) is 5.22. The fraction of sp³-hybridized carbons (Fsp3) is 0.562. The molecule has 2 nitrogen and oxygen atoms in total. The highest BCUT2D eigenvalue weighted by molar-refractivity contribution is 9.10. The zero-order chi connectivity index (χ0) is 14.3. The lowest BCUT2D eigenvalue weighted by atomic mass is 9.85. The Labute approximate surface area is 124 Å². The van der Waals surface area contributed by atoms with Crippen LogP contribution < -0.4 is 0 Å². The first-order valence-corrected chi connectivity index (χ1v) is 7.86. The summed E-state index contributed by atoms with van der Waals surface area (Å²) in [5, 5.41) is 9.45. The Hall–Kier alpha value is -0.830. The number of unbranched alkanes of at least 4 members (excludes halogenated alkanes) is 1. The second kappa shape index (κ2) is 8.36. The van der Waals surface area contributed by atoms with Gasteiger partial charge in [-0.3, -0.25) is 4.79 Å². The molecular formula is C16H23BrO2. The van der Waals surface area contributed by atoms with Crippen LogP contribution >= 0.6 is 15.9 Å². The number of rotatable bonds is 8. The number of hydrogen-bond acceptors (Lipinski definition) is 1. The molecule has 2 unspecified atom stereocenters. The molecule has 3 heteroatoms. The first-order valence-electron chi connectivity index (χ1n) is 7.06. The molecule has 2 atom stereocenters. The first-order chi connectivity index (χ1) is 9.08. The Morgan fingerprint density at radius 1 is 1.26 bits per heavy atom. The molecule has 0 saturated heterocycles. The normalized spacial score (nSPS) is 14.1. The zero-order valence-electron chi connectivity index (χ0n) is 11.7. The Kier molecular flexibility index (Phi) is 7.14. The number of carboxylic acid groups (broad SMARTS) is 1. The molecule has 1 N–H and O–H groups in total. The molecule has 106 valence electrons. The van der Waals surface area contributed by atoms with Crippen LogP contribution in [0.4, 0.5) is 0 Å². The van der Waals surface area contributed by atoms with Gasteiger partial charge >= 0.3 is 5.97 Å². The van der Waals surface area contributed by atoms with E-state index in [2.05, 4.69) is 29.8 Å². The van der Waals surface area contributed by atoms with E-state index in [4.69, 9.17) is 0 Å². The van der Waals surface area contributed by atoms with E-state index in [1.54, 1.807) is 0 Å². The van der Waals surface area contributed by atoms with E-state index in [0.717, 1.165) is 29.3 Å². The SMILES string of the molecule is CCCCC(CC)CC(C(=O)O)c1ccc(Br)cc1. The number of hydrogen-bond donors (Lipinski definition) is 1. The molecule has 0 fully saturated rings. The molecule has 0 aliphatic heterocycles. The maximum Gasteiger partial charge on any atom is 0.310 e. The van der Waals surface area contributed by atoms with Gasteiger partial charge in [-0.05, 0) is 30.0 Å². The van der Waals surface area contributed by atoms with Crippen LogP contribution in [0.2, 0.25) is 0 Å². The summed E-state index contributed by atoms with van der Waals surface area (Å²) in [4.78, 5) is 11.5. The topological polar surface area (TPSA) is 37.3 Å². The summed E-state index contributed by atoms with van der Waals surface area (Å²) in [5.41, 5.74) is 0.908. The third kappa shape index (κ3) is 5.35. The lowest BCUT2D eigenvalue weighted by Gasteiger charge is -2.20. The Morgan fingerprint density at radius 3 is 2.37 bits per heavy atom. The Morgan fingerprint density at radius 2 is 1.89 bits per heavy atom.